The lowest BCUT2D eigenvalue weighted by Crippen LogP contribution is -2.12. The van der Waals surface area contributed by atoms with Crippen molar-refractivity contribution in [1.29, 1.82) is 0 Å². The number of carbonyl (C=O) groups is 2. The third-order valence-electron chi connectivity index (χ3n) is 3.45. The second kappa shape index (κ2) is 7.27. The molecule has 0 aliphatic heterocycles. The van der Waals surface area contributed by atoms with Crippen LogP contribution in [-0.4, -0.2) is 16.9 Å². The summed E-state index contributed by atoms with van der Waals surface area (Å²) in [6.07, 6.45) is 0. The van der Waals surface area contributed by atoms with E-state index in [1.807, 2.05) is 13.0 Å². The highest BCUT2D eigenvalue weighted by atomic mass is 32.1. The minimum Gasteiger partial charge on any atom is -0.422 e. The number of carbonyl (C=O) groups excluding carboxylic acids is 2. The number of aryl methyl sites for hydroxylation is 2. The zero-order valence-electron chi connectivity index (χ0n) is 13.8. The maximum absolute atomic E-state index is 12.2. The third-order valence-corrected chi connectivity index (χ3v) is 4.50. The molecule has 0 atom stereocenters. The monoisotopic (exact) mass is 352 g/mol. The fraction of sp³-hybridized carbons (Fsp3) is 0.105. The van der Waals surface area contributed by atoms with E-state index in [-0.39, 0.29) is 5.91 Å². The number of nitrogens with zero attached hydrogens (tertiary/aromatic N) is 1. The summed E-state index contributed by atoms with van der Waals surface area (Å²) in [4.78, 5) is 29.0. The third kappa shape index (κ3) is 4.10. The van der Waals surface area contributed by atoms with Crippen molar-refractivity contribution in [2.24, 2.45) is 0 Å². The van der Waals surface area contributed by atoms with Crippen molar-refractivity contribution >= 4 is 28.9 Å². The summed E-state index contributed by atoms with van der Waals surface area (Å²) < 4.78 is 5.36. The first-order chi connectivity index (χ1) is 12.0. The Balaban J connectivity index is 1.65. The molecule has 0 saturated carbocycles. The number of thiazole rings is 1. The molecule has 3 rings (SSSR count). The van der Waals surface area contributed by atoms with Gasteiger partial charge in [0.15, 0.2) is 0 Å². The second-order valence-corrected chi connectivity index (χ2v) is 6.58. The van der Waals surface area contributed by atoms with E-state index in [0.717, 1.165) is 5.01 Å². The predicted molar refractivity (Wildman–Crippen MR) is 97.4 cm³/mol. The van der Waals surface area contributed by atoms with E-state index in [9.17, 15) is 9.59 Å². The van der Waals surface area contributed by atoms with Crippen LogP contribution in [0.3, 0.4) is 0 Å². The maximum atomic E-state index is 12.2. The molecule has 0 aliphatic rings. The molecule has 0 saturated heterocycles. The summed E-state index contributed by atoms with van der Waals surface area (Å²) in [5.74, 6) is -0.210. The molecule has 0 fully saturated rings. The van der Waals surface area contributed by atoms with Gasteiger partial charge in [-0.25, -0.2) is 9.78 Å². The van der Waals surface area contributed by atoms with Gasteiger partial charge < -0.3 is 10.1 Å². The van der Waals surface area contributed by atoms with Gasteiger partial charge in [-0.3, -0.25) is 4.79 Å². The van der Waals surface area contributed by atoms with Gasteiger partial charge in [-0.15, -0.1) is 11.3 Å². The molecule has 1 heterocycles. The summed E-state index contributed by atoms with van der Waals surface area (Å²) >= 11 is 1.31. The quantitative estimate of drug-likeness (QED) is 0.563. The van der Waals surface area contributed by atoms with E-state index in [2.05, 4.69) is 10.3 Å². The molecule has 1 amide bonds. The Kier molecular flexibility index (Phi) is 4.90. The lowest BCUT2D eigenvalue weighted by molar-refractivity contribution is 0.0738. The van der Waals surface area contributed by atoms with Crippen molar-refractivity contribution in [3.8, 4) is 5.75 Å². The molecular weight excluding hydrogens is 336 g/mol. The Bertz CT molecular complexity index is 902. The number of benzene rings is 2. The zero-order chi connectivity index (χ0) is 17.8. The summed E-state index contributed by atoms with van der Waals surface area (Å²) in [7, 11) is 0. The first-order valence-corrected chi connectivity index (χ1v) is 8.47. The minimum atomic E-state index is -0.427. The van der Waals surface area contributed by atoms with Crippen LogP contribution in [0.4, 0.5) is 5.69 Å². The summed E-state index contributed by atoms with van der Waals surface area (Å²) in [6.45, 7) is 3.63. The number of hydrogen-bond acceptors (Lipinski definition) is 5. The van der Waals surface area contributed by atoms with E-state index in [1.54, 1.807) is 55.5 Å². The Hall–Kier alpha value is -2.99. The maximum Gasteiger partial charge on any atom is 0.355 e. The topological polar surface area (TPSA) is 68.3 Å². The van der Waals surface area contributed by atoms with Crippen LogP contribution in [0.1, 0.15) is 30.7 Å². The standard InChI is InChI=1S/C19H16N2O3S/c1-12-17(25-13(2)20-12)19(23)24-16-10-8-15(9-11-16)21-18(22)14-6-4-3-5-7-14/h3-11H,1-2H3,(H,21,22). The molecule has 1 N–H and O–H groups in total. The van der Waals surface area contributed by atoms with Crippen LogP contribution in [0.2, 0.25) is 0 Å². The van der Waals surface area contributed by atoms with Gasteiger partial charge in [0.25, 0.3) is 5.91 Å². The molecule has 2 aromatic carbocycles. The Morgan fingerprint density at radius 2 is 1.68 bits per heavy atom. The molecular formula is C19H16N2O3S. The van der Waals surface area contributed by atoms with E-state index in [0.29, 0.717) is 27.6 Å². The summed E-state index contributed by atoms with van der Waals surface area (Å²) in [5, 5.41) is 3.62. The summed E-state index contributed by atoms with van der Waals surface area (Å²) in [5.41, 5.74) is 1.87. The van der Waals surface area contributed by atoms with Gasteiger partial charge in [0.2, 0.25) is 0 Å². The van der Waals surface area contributed by atoms with Crippen molar-refractivity contribution in [3.05, 3.63) is 75.7 Å². The SMILES string of the molecule is Cc1nc(C)c(C(=O)Oc2ccc(NC(=O)c3ccccc3)cc2)s1. The van der Waals surface area contributed by atoms with E-state index in [4.69, 9.17) is 4.74 Å². The largest absolute Gasteiger partial charge is 0.422 e. The molecule has 0 bridgehead atoms. The molecule has 0 radical (unpaired) electrons. The summed E-state index contributed by atoms with van der Waals surface area (Å²) in [6, 6.07) is 15.6. The van der Waals surface area contributed by atoms with Gasteiger partial charge in [0.05, 0.1) is 10.7 Å². The Labute approximate surface area is 149 Å². The highest BCUT2D eigenvalue weighted by molar-refractivity contribution is 7.13. The number of anilines is 1. The molecule has 25 heavy (non-hydrogen) atoms. The average Bonchev–Trinajstić information content (AvgIpc) is 2.96. The van der Waals surface area contributed by atoms with Crippen molar-refractivity contribution in [2.45, 2.75) is 13.8 Å². The van der Waals surface area contributed by atoms with Crippen LogP contribution in [0.25, 0.3) is 0 Å². The molecule has 126 valence electrons. The zero-order valence-corrected chi connectivity index (χ0v) is 14.6. The van der Waals surface area contributed by atoms with Crippen molar-refractivity contribution in [3.63, 3.8) is 0 Å². The molecule has 6 heteroatoms. The Morgan fingerprint density at radius 3 is 2.28 bits per heavy atom. The number of esters is 1. The minimum absolute atomic E-state index is 0.193. The van der Waals surface area contributed by atoms with E-state index in [1.165, 1.54) is 11.3 Å². The van der Waals surface area contributed by atoms with Gasteiger partial charge in [-0.05, 0) is 50.2 Å². The smallest absolute Gasteiger partial charge is 0.355 e. The van der Waals surface area contributed by atoms with Gasteiger partial charge in [-0.1, -0.05) is 18.2 Å². The molecule has 5 nitrogen and oxygen atoms in total. The first-order valence-electron chi connectivity index (χ1n) is 7.65. The number of hydrogen-bond donors (Lipinski definition) is 1. The van der Waals surface area contributed by atoms with Gasteiger partial charge in [0.1, 0.15) is 10.6 Å². The van der Waals surface area contributed by atoms with E-state index < -0.39 is 5.97 Å². The predicted octanol–water partition coefficient (Wildman–Crippen LogP) is 4.23. The number of nitrogens with one attached hydrogen (secondary N) is 1. The molecule has 0 spiro atoms. The Morgan fingerprint density at radius 1 is 1.00 bits per heavy atom. The number of aromatic nitrogens is 1. The number of rotatable bonds is 4. The normalized spacial score (nSPS) is 10.3. The van der Waals surface area contributed by atoms with Crippen LogP contribution in [0.15, 0.2) is 54.6 Å². The van der Waals surface area contributed by atoms with Crippen molar-refractivity contribution < 1.29 is 14.3 Å². The number of amides is 1. The van der Waals surface area contributed by atoms with E-state index >= 15 is 0 Å². The van der Waals surface area contributed by atoms with Crippen LogP contribution in [-0.2, 0) is 0 Å². The van der Waals surface area contributed by atoms with Crippen LogP contribution in [0.5, 0.6) is 5.75 Å². The fourth-order valence-corrected chi connectivity index (χ4v) is 3.07. The number of ether oxygens (including phenoxy) is 1. The average molecular weight is 352 g/mol. The highest BCUT2D eigenvalue weighted by Gasteiger charge is 2.16. The van der Waals surface area contributed by atoms with Gasteiger partial charge in [0, 0.05) is 11.3 Å². The lowest BCUT2D eigenvalue weighted by atomic mass is 10.2. The van der Waals surface area contributed by atoms with Crippen molar-refractivity contribution in [1.82, 2.24) is 4.98 Å². The molecule has 3 aromatic rings. The lowest BCUT2D eigenvalue weighted by Gasteiger charge is -2.07. The molecule has 0 unspecified atom stereocenters. The van der Waals surface area contributed by atoms with Crippen LogP contribution in [0, 0.1) is 13.8 Å². The van der Waals surface area contributed by atoms with Crippen LogP contribution >= 0.6 is 11.3 Å². The van der Waals surface area contributed by atoms with Crippen LogP contribution < -0.4 is 10.1 Å². The first kappa shape index (κ1) is 16.9. The highest BCUT2D eigenvalue weighted by Crippen LogP contribution is 2.21. The second-order valence-electron chi connectivity index (χ2n) is 5.38. The van der Waals surface area contributed by atoms with Crippen molar-refractivity contribution in [2.75, 3.05) is 5.32 Å². The fourth-order valence-electron chi connectivity index (χ4n) is 2.27. The molecule has 1 aromatic heterocycles. The van der Waals surface area contributed by atoms with Gasteiger partial charge in [-0.2, -0.15) is 0 Å². The molecule has 0 aliphatic carbocycles. The van der Waals surface area contributed by atoms with Gasteiger partial charge >= 0.3 is 5.97 Å².